The fraction of sp³-hybridized carbons (Fsp3) is 0.417. The Morgan fingerprint density at radius 1 is 1.16 bits per heavy atom. The molecule has 0 aromatic heterocycles. The summed E-state index contributed by atoms with van der Waals surface area (Å²) in [7, 11) is 3.13. The number of fused-ring (bicyclic) bond motifs is 1. The SMILES string of the molecule is COc1ccc(C(=O)C(C)N2CCC(N3Cc4ccccc4OC3=O)CC2I)cc1OC. The number of likely N-dealkylation sites (tertiary alicyclic amines) is 1. The lowest BCUT2D eigenvalue weighted by molar-refractivity contribution is 0.0576. The Morgan fingerprint density at radius 3 is 2.62 bits per heavy atom. The van der Waals surface area contributed by atoms with Crippen molar-refractivity contribution < 1.29 is 23.8 Å². The largest absolute Gasteiger partial charge is 0.493 e. The van der Waals surface area contributed by atoms with Gasteiger partial charge in [-0.2, -0.15) is 0 Å². The number of carbonyl (C=O) groups excluding carboxylic acids is 2. The molecule has 3 atom stereocenters. The summed E-state index contributed by atoms with van der Waals surface area (Å²) in [5, 5.41) is 0. The molecule has 2 aliphatic rings. The van der Waals surface area contributed by atoms with Crippen LogP contribution >= 0.6 is 22.6 Å². The Labute approximate surface area is 201 Å². The number of alkyl halides is 1. The number of hydrogen-bond acceptors (Lipinski definition) is 6. The maximum atomic E-state index is 13.2. The zero-order valence-electron chi connectivity index (χ0n) is 18.4. The molecular weight excluding hydrogens is 523 g/mol. The molecule has 2 aromatic rings. The van der Waals surface area contributed by atoms with Gasteiger partial charge in [0, 0.05) is 23.7 Å². The lowest BCUT2D eigenvalue weighted by Crippen LogP contribution is -2.54. The number of para-hydroxylation sites is 1. The van der Waals surface area contributed by atoms with E-state index in [0.29, 0.717) is 29.4 Å². The van der Waals surface area contributed by atoms with Gasteiger partial charge in [-0.05, 0) is 44.0 Å². The predicted octanol–water partition coefficient (Wildman–Crippen LogP) is 4.52. The lowest BCUT2D eigenvalue weighted by Gasteiger charge is -2.44. The molecule has 0 N–H and O–H groups in total. The molecular formula is C24H27IN2O5. The summed E-state index contributed by atoms with van der Waals surface area (Å²) in [6.45, 7) is 3.23. The number of rotatable bonds is 6. The van der Waals surface area contributed by atoms with Crippen molar-refractivity contribution in [3.8, 4) is 17.2 Å². The molecule has 2 aromatic carbocycles. The number of halogens is 1. The highest BCUT2D eigenvalue weighted by Gasteiger charge is 2.38. The number of Topliss-reactive ketones (excluding diaryl/α,β-unsaturated/α-hetero) is 1. The van der Waals surface area contributed by atoms with Crippen LogP contribution in [0, 0.1) is 0 Å². The van der Waals surface area contributed by atoms with Crippen LogP contribution in [0.1, 0.15) is 35.7 Å². The van der Waals surface area contributed by atoms with Gasteiger partial charge in [0.15, 0.2) is 17.3 Å². The van der Waals surface area contributed by atoms with Crippen LogP contribution in [0.25, 0.3) is 0 Å². The number of ketones is 1. The first-order valence-corrected chi connectivity index (χ1v) is 11.9. The van der Waals surface area contributed by atoms with Crippen molar-refractivity contribution >= 4 is 34.5 Å². The quantitative estimate of drug-likeness (QED) is 0.228. The summed E-state index contributed by atoms with van der Waals surface area (Å²) in [5.74, 6) is 1.82. The number of carbonyl (C=O) groups is 2. The highest BCUT2D eigenvalue weighted by molar-refractivity contribution is 14.1. The second-order valence-electron chi connectivity index (χ2n) is 8.06. The maximum Gasteiger partial charge on any atom is 0.415 e. The molecule has 1 saturated heterocycles. The molecule has 1 fully saturated rings. The highest BCUT2D eigenvalue weighted by Crippen LogP contribution is 2.34. The number of benzene rings is 2. The molecule has 4 rings (SSSR count). The second kappa shape index (κ2) is 9.66. The number of nitrogens with zero attached hydrogens (tertiary/aromatic N) is 2. The summed E-state index contributed by atoms with van der Waals surface area (Å²) in [5.41, 5.74) is 1.62. The molecule has 0 bridgehead atoms. The van der Waals surface area contributed by atoms with Gasteiger partial charge in [-0.3, -0.25) is 9.69 Å². The molecule has 0 spiro atoms. The van der Waals surface area contributed by atoms with Crippen molar-refractivity contribution in [3.63, 3.8) is 0 Å². The van der Waals surface area contributed by atoms with E-state index in [1.165, 1.54) is 0 Å². The van der Waals surface area contributed by atoms with Crippen LogP contribution in [0.2, 0.25) is 0 Å². The van der Waals surface area contributed by atoms with Gasteiger partial charge in [0.05, 0.1) is 30.9 Å². The minimum Gasteiger partial charge on any atom is -0.493 e. The number of methoxy groups -OCH3 is 2. The number of hydrogen-bond donors (Lipinski definition) is 0. The molecule has 0 radical (unpaired) electrons. The van der Waals surface area contributed by atoms with Crippen LogP contribution in [0.4, 0.5) is 4.79 Å². The van der Waals surface area contributed by atoms with E-state index in [-0.39, 0.29) is 28.0 Å². The maximum absolute atomic E-state index is 13.2. The molecule has 0 saturated carbocycles. The average Bonchev–Trinajstić information content (AvgIpc) is 2.82. The second-order valence-corrected chi connectivity index (χ2v) is 9.50. The van der Waals surface area contributed by atoms with E-state index in [0.717, 1.165) is 24.9 Å². The van der Waals surface area contributed by atoms with E-state index < -0.39 is 0 Å². The summed E-state index contributed by atoms with van der Waals surface area (Å²) >= 11 is 2.38. The van der Waals surface area contributed by atoms with E-state index in [1.807, 2.05) is 36.1 Å². The molecule has 170 valence electrons. The number of amides is 1. The van der Waals surface area contributed by atoms with Crippen LogP contribution in [0.3, 0.4) is 0 Å². The van der Waals surface area contributed by atoms with Crippen LogP contribution in [0.15, 0.2) is 42.5 Å². The summed E-state index contributed by atoms with van der Waals surface area (Å²) in [6, 6.07) is 12.7. The first kappa shape index (κ1) is 22.8. The molecule has 8 heteroatoms. The first-order chi connectivity index (χ1) is 15.4. The summed E-state index contributed by atoms with van der Waals surface area (Å²) < 4.78 is 16.3. The van der Waals surface area contributed by atoms with Gasteiger partial charge in [-0.15, -0.1) is 0 Å². The van der Waals surface area contributed by atoms with Gasteiger partial charge in [-0.25, -0.2) is 4.79 Å². The van der Waals surface area contributed by atoms with E-state index in [1.54, 1.807) is 32.4 Å². The van der Waals surface area contributed by atoms with E-state index >= 15 is 0 Å². The van der Waals surface area contributed by atoms with Crippen molar-refractivity contribution in [1.29, 1.82) is 0 Å². The van der Waals surface area contributed by atoms with Crippen LogP contribution in [0.5, 0.6) is 17.2 Å². The Morgan fingerprint density at radius 2 is 1.91 bits per heavy atom. The zero-order chi connectivity index (χ0) is 22.8. The third kappa shape index (κ3) is 4.43. The Hall–Kier alpha value is -2.33. The van der Waals surface area contributed by atoms with Gasteiger partial charge < -0.3 is 19.1 Å². The Bertz CT molecular complexity index is 1010. The monoisotopic (exact) mass is 550 g/mol. The third-order valence-corrected chi connectivity index (χ3v) is 7.50. The van der Waals surface area contributed by atoms with Crippen molar-refractivity contribution in [2.24, 2.45) is 0 Å². The molecule has 2 aliphatic heterocycles. The average molecular weight is 550 g/mol. The Kier molecular flexibility index (Phi) is 6.90. The standard InChI is InChI=1S/C24H27IN2O5/c1-15(23(28)16-8-9-20(30-2)21(12-16)31-3)26-11-10-18(13-22(26)25)27-14-17-6-4-5-7-19(17)32-24(27)29/h4-9,12,15,18,22H,10-11,13-14H2,1-3H3. The van der Waals surface area contributed by atoms with Crippen molar-refractivity contribution in [2.45, 2.75) is 42.4 Å². The first-order valence-electron chi connectivity index (χ1n) is 10.6. The Balaban J connectivity index is 1.43. The zero-order valence-corrected chi connectivity index (χ0v) is 20.6. The van der Waals surface area contributed by atoms with Gasteiger partial charge in [-0.1, -0.05) is 40.8 Å². The van der Waals surface area contributed by atoms with Crippen LogP contribution in [-0.2, 0) is 6.54 Å². The highest BCUT2D eigenvalue weighted by atomic mass is 127. The minimum atomic E-state index is -0.291. The summed E-state index contributed by atoms with van der Waals surface area (Å²) in [6.07, 6.45) is 1.28. The van der Waals surface area contributed by atoms with E-state index in [2.05, 4.69) is 27.5 Å². The van der Waals surface area contributed by atoms with Crippen molar-refractivity contribution in [2.75, 3.05) is 20.8 Å². The molecule has 1 amide bonds. The molecule has 3 unspecified atom stereocenters. The van der Waals surface area contributed by atoms with Gasteiger partial charge in [0.2, 0.25) is 0 Å². The van der Waals surface area contributed by atoms with Crippen molar-refractivity contribution in [1.82, 2.24) is 9.80 Å². The lowest BCUT2D eigenvalue weighted by atomic mass is 9.97. The number of piperidine rings is 1. The molecule has 2 heterocycles. The third-order valence-electron chi connectivity index (χ3n) is 6.28. The molecule has 7 nitrogen and oxygen atoms in total. The summed E-state index contributed by atoms with van der Waals surface area (Å²) in [4.78, 5) is 29.8. The van der Waals surface area contributed by atoms with Crippen LogP contribution < -0.4 is 14.2 Å². The van der Waals surface area contributed by atoms with Crippen molar-refractivity contribution in [3.05, 3.63) is 53.6 Å². The van der Waals surface area contributed by atoms with Gasteiger partial charge in [0.1, 0.15) is 5.75 Å². The fourth-order valence-corrected chi connectivity index (χ4v) is 5.78. The van der Waals surface area contributed by atoms with Crippen LogP contribution in [-0.4, -0.2) is 58.6 Å². The number of ether oxygens (including phenoxy) is 3. The van der Waals surface area contributed by atoms with Gasteiger partial charge >= 0.3 is 6.09 Å². The predicted molar refractivity (Wildman–Crippen MR) is 129 cm³/mol. The minimum absolute atomic E-state index is 0.0392. The van der Waals surface area contributed by atoms with E-state index in [4.69, 9.17) is 14.2 Å². The normalized spacial score (nSPS) is 22.0. The fourth-order valence-electron chi connectivity index (χ4n) is 4.43. The molecule has 32 heavy (non-hydrogen) atoms. The topological polar surface area (TPSA) is 68.3 Å². The van der Waals surface area contributed by atoms with E-state index in [9.17, 15) is 9.59 Å². The van der Waals surface area contributed by atoms with Gasteiger partial charge in [0.25, 0.3) is 0 Å². The molecule has 0 aliphatic carbocycles. The smallest absolute Gasteiger partial charge is 0.415 e.